The number of imidazole rings is 1. The predicted octanol–water partition coefficient (Wildman–Crippen LogP) is 2.71. The Morgan fingerprint density at radius 2 is 2.00 bits per heavy atom. The lowest BCUT2D eigenvalue weighted by molar-refractivity contribution is -0.158. The lowest BCUT2D eigenvalue weighted by Crippen LogP contribution is -2.45. The number of nitrogens with one attached hydrogen (secondary N) is 1. The van der Waals surface area contributed by atoms with Crippen molar-refractivity contribution in [2.45, 2.75) is 57.7 Å². The van der Waals surface area contributed by atoms with Crippen molar-refractivity contribution in [3.05, 3.63) is 47.8 Å². The first-order valence-electron chi connectivity index (χ1n) is 12.7. The summed E-state index contributed by atoms with van der Waals surface area (Å²) in [7, 11) is 3.21. The van der Waals surface area contributed by atoms with Crippen LogP contribution in [0.5, 0.6) is 5.75 Å². The molecule has 1 aliphatic rings. The summed E-state index contributed by atoms with van der Waals surface area (Å²) < 4.78 is 12.0. The maximum Gasteiger partial charge on any atom is 0.303 e. The number of benzene rings is 1. The molecule has 0 unspecified atom stereocenters. The van der Waals surface area contributed by atoms with Crippen LogP contribution in [0.15, 0.2) is 41.7 Å². The van der Waals surface area contributed by atoms with E-state index in [4.69, 9.17) is 20.2 Å². The van der Waals surface area contributed by atoms with Crippen molar-refractivity contribution >= 4 is 41.2 Å². The zero-order valence-corrected chi connectivity index (χ0v) is 22.5. The van der Waals surface area contributed by atoms with Gasteiger partial charge in [0.2, 0.25) is 0 Å². The van der Waals surface area contributed by atoms with E-state index >= 15 is 0 Å². The van der Waals surface area contributed by atoms with Crippen LogP contribution < -0.4 is 15.8 Å². The number of fused-ring (bicyclic) bond motifs is 1. The highest BCUT2D eigenvalue weighted by molar-refractivity contribution is 6.07. The van der Waals surface area contributed by atoms with Crippen molar-refractivity contribution < 1.29 is 23.9 Å². The summed E-state index contributed by atoms with van der Waals surface area (Å²) in [6, 6.07) is 6.91. The third kappa shape index (κ3) is 6.33. The third-order valence-corrected chi connectivity index (χ3v) is 6.85. The molecule has 1 fully saturated rings. The standard InChI is InChI=1S/C27H33N7O5/c1-16(39-17(2)35)27(37)33(3)20-9-7-19(8-10-20)29-14-18-12-21(23(38-4)13-22(18)28)26(36)32-25-15-30-24-6-5-11-31-34(24)25/h5-6,11-16,19-20H,7-10,28H2,1-4H3,(H,32,36)/t16-,19?,20?/m1/s1. The summed E-state index contributed by atoms with van der Waals surface area (Å²) in [5.41, 5.74) is 8.18. The third-order valence-electron chi connectivity index (χ3n) is 6.85. The lowest BCUT2D eigenvalue weighted by atomic mass is 9.90. The molecular weight excluding hydrogens is 502 g/mol. The van der Waals surface area contributed by atoms with E-state index in [9.17, 15) is 14.4 Å². The molecule has 0 radical (unpaired) electrons. The second-order valence-corrected chi connectivity index (χ2v) is 9.51. The molecule has 1 atom stereocenters. The van der Waals surface area contributed by atoms with E-state index in [1.165, 1.54) is 24.7 Å². The van der Waals surface area contributed by atoms with E-state index in [1.54, 1.807) is 55.5 Å². The number of rotatable bonds is 8. The Morgan fingerprint density at radius 1 is 1.26 bits per heavy atom. The van der Waals surface area contributed by atoms with Gasteiger partial charge in [-0.3, -0.25) is 19.4 Å². The van der Waals surface area contributed by atoms with Gasteiger partial charge in [0, 0.05) is 49.7 Å². The largest absolute Gasteiger partial charge is 0.496 e. The lowest BCUT2D eigenvalue weighted by Gasteiger charge is -2.34. The monoisotopic (exact) mass is 535 g/mol. The quantitative estimate of drug-likeness (QED) is 0.254. The number of methoxy groups -OCH3 is 1. The van der Waals surface area contributed by atoms with E-state index in [1.807, 2.05) is 0 Å². The Morgan fingerprint density at radius 3 is 2.69 bits per heavy atom. The van der Waals surface area contributed by atoms with E-state index < -0.39 is 18.0 Å². The maximum atomic E-state index is 13.2. The molecule has 3 N–H and O–H groups in total. The number of nitrogen functional groups attached to an aromatic ring is 1. The van der Waals surface area contributed by atoms with Crippen molar-refractivity contribution in [3.8, 4) is 5.75 Å². The van der Waals surface area contributed by atoms with Gasteiger partial charge in [-0.1, -0.05) is 0 Å². The van der Waals surface area contributed by atoms with E-state index in [2.05, 4.69) is 15.4 Å². The Bertz CT molecular complexity index is 1390. The number of anilines is 2. The minimum absolute atomic E-state index is 0.0532. The number of amides is 2. The van der Waals surface area contributed by atoms with E-state index in [0.29, 0.717) is 34.0 Å². The van der Waals surface area contributed by atoms with Gasteiger partial charge in [-0.25, -0.2) is 4.98 Å². The highest BCUT2D eigenvalue weighted by Gasteiger charge is 2.29. The molecular formula is C27H33N7O5. The van der Waals surface area contributed by atoms with Crippen LogP contribution in [0.4, 0.5) is 11.5 Å². The fourth-order valence-electron chi connectivity index (χ4n) is 4.71. The summed E-state index contributed by atoms with van der Waals surface area (Å²) >= 11 is 0. The SMILES string of the molecule is COc1cc(N)c(C=NC2CCC(N(C)C(=O)[C@@H](C)OC(C)=O)CC2)cc1C(=O)Nc1cnc2cccnn12. The molecule has 12 nitrogen and oxygen atoms in total. The number of aromatic nitrogens is 3. The molecule has 12 heteroatoms. The fraction of sp³-hybridized carbons (Fsp3) is 0.407. The molecule has 206 valence electrons. The van der Waals surface area contributed by atoms with Gasteiger partial charge in [-0.05, 0) is 50.8 Å². The zero-order chi connectivity index (χ0) is 28.1. The number of likely N-dealkylation sites (N-methyl/N-ethyl adjacent to an activating group) is 1. The number of nitrogens with two attached hydrogens (primary N) is 1. The van der Waals surface area contributed by atoms with Gasteiger partial charge in [0.05, 0.1) is 24.9 Å². The summed E-state index contributed by atoms with van der Waals surface area (Å²) in [5.74, 6) is -0.334. The molecule has 1 aliphatic carbocycles. The summed E-state index contributed by atoms with van der Waals surface area (Å²) in [5, 5.41) is 7.04. The van der Waals surface area contributed by atoms with Gasteiger partial charge < -0.3 is 25.4 Å². The van der Waals surface area contributed by atoms with Gasteiger partial charge in [0.1, 0.15) is 5.75 Å². The molecule has 2 aromatic heterocycles. The molecule has 4 rings (SSSR count). The number of hydrogen-bond donors (Lipinski definition) is 2. The van der Waals surface area contributed by atoms with Crippen LogP contribution in [0.3, 0.4) is 0 Å². The number of hydrogen-bond acceptors (Lipinski definition) is 9. The summed E-state index contributed by atoms with van der Waals surface area (Å²) in [6.45, 7) is 2.87. The first kappa shape index (κ1) is 27.6. The molecule has 39 heavy (non-hydrogen) atoms. The Hall–Kier alpha value is -4.48. The fourth-order valence-corrected chi connectivity index (χ4v) is 4.71. The van der Waals surface area contributed by atoms with Crippen LogP contribution in [-0.2, 0) is 14.3 Å². The number of carbonyl (C=O) groups excluding carboxylic acids is 3. The van der Waals surface area contributed by atoms with Crippen LogP contribution in [0.2, 0.25) is 0 Å². The van der Waals surface area contributed by atoms with Crippen LogP contribution in [0.1, 0.15) is 55.5 Å². The topological polar surface area (TPSA) is 154 Å². The number of carbonyl (C=O) groups is 3. The van der Waals surface area contributed by atoms with Crippen LogP contribution >= 0.6 is 0 Å². The van der Waals surface area contributed by atoms with Crippen LogP contribution in [0, 0.1) is 0 Å². The second-order valence-electron chi connectivity index (χ2n) is 9.51. The van der Waals surface area contributed by atoms with Gasteiger partial charge in [-0.2, -0.15) is 9.61 Å². The average Bonchev–Trinajstić information content (AvgIpc) is 3.33. The number of esters is 1. The molecule has 2 amide bonds. The molecule has 1 saturated carbocycles. The first-order chi connectivity index (χ1) is 18.7. The van der Waals surface area contributed by atoms with Crippen molar-refractivity contribution in [2.24, 2.45) is 4.99 Å². The Kier molecular flexibility index (Phi) is 8.43. The summed E-state index contributed by atoms with van der Waals surface area (Å²) in [4.78, 5) is 47.5. The molecule has 3 aromatic rings. The van der Waals surface area contributed by atoms with Gasteiger partial charge in [0.25, 0.3) is 11.8 Å². The molecule has 1 aromatic carbocycles. The molecule has 0 aliphatic heterocycles. The average molecular weight is 536 g/mol. The predicted molar refractivity (Wildman–Crippen MR) is 146 cm³/mol. The normalized spacial score (nSPS) is 18.1. The van der Waals surface area contributed by atoms with Gasteiger partial charge in [0.15, 0.2) is 17.6 Å². The molecule has 0 saturated heterocycles. The molecule has 0 bridgehead atoms. The minimum Gasteiger partial charge on any atom is -0.496 e. The number of nitrogens with zero attached hydrogens (tertiary/aromatic N) is 5. The summed E-state index contributed by atoms with van der Waals surface area (Å²) in [6.07, 6.45) is 7.13. The van der Waals surface area contributed by atoms with Crippen molar-refractivity contribution in [1.29, 1.82) is 0 Å². The second kappa shape index (κ2) is 11.9. The van der Waals surface area contributed by atoms with Crippen molar-refractivity contribution in [1.82, 2.24) is 19.5 Å². The highest BCUT2D eigenvalue weighted by atomic mass is 16.5. The highest BCUT2D eigenvalue weighted by Crippen LogP contribution is 2.28. The minimum atomic E-state index is -0.809. The van der Waals surface area contributed by atoms with E-state index in [-0.39, 0.29) is 18.0 Å². The zero-order valence-electron chi connectivity index (χ0n) is 22.5. The Labute approximate surface area is 226 Å². The van der Waals surface area contributed by atoms with E-state index in [0.717, 1.165) is 25.7 Å². The van der Waals surface area contributed by atoms with Gasteiger partial charge >= 0.3 is 5.97 Å². The van der Waals surface area contributed by atoms with Crippen LogP contribution in [-0.4, -0.2) is 75.8 Å². The van der Waals surface area contributed by atoms with Crippen molar-refractivity contribution in [3.63, 3.8) is 0 Å². The molecule has 0 spiro atoms. The first-order valence-corrected chi connectivity index (χ1v) is 12.7. The molecule has 2 heterocycles. The van der Waals surface area contributed by atoms with Crippen LogP contribution in [0.25, 0.3) is 5.65 Å². The maximum absolute atomic E-state index is 13.2. The van der Waals surface area contributed by atoms with Crippen molar-refractivity contribution in [2.75, 3.05) is 25.2 Å². The smallest absolute Gasteiger partial charge is 0.303 e. The number of aliphatic imine (C=N–C) groups is 1. The van der Waals surface area contributed by atoms with Gasteiger partial charge in [-0.15, -0.1) is 0 Å². The Balaban J connectivity index is 1.42. The number of ether oxygens (including phenoxy) is 2.